The first-order chi connectivity index (χ1) is 6.74. The van der Waals surface area contributed by atoms with Gasteiger partial charge in [-0.1, -0.05) is 11.6 Å². The third kappa shape index (κ3) is 3.51. The summed E-state index contributed by atoms with van der Waals surface area (Å²) in [6.07, 6.45) is 4.69. The molecule has 0 saturated carbocycles. The molecule has 0 aliphatic rings. The van der Waals surface area contributed by atoms with Gasteiger partial charge in [0.15, 0.2) is 0 Å². The fraction of sp³-hybridized carbons (Fsp3) is 0.375. The molecule has 1 amide bonds. The second kappa shape index (κ2) is 5.82. The average molecular weight is 232 g/mol. The lowest BCUT2D eigenvalue weighted by molar-refractivity contribution is 0.0951. The number of aromatic nitrogens is 2. The summed E-state index contributed by atoms with van der Waals surface area (Å²) in [6, 6.07) is 0. The molecule has 1 rings (SSSR count). The van der Waals surface area contributed by atoms with Crippen molar-refractivity contribution in [2.75, 3.05) is 18.6 Å². The van der Waals surface area contributed by atoms with Gasteiger partial charge in [-0.25, -0.2) is 9.97 Å². The number of thioether (sulfide) groups is 1. The molecule has 0 aliphatic carbocycles. The van der Waals surface area contributed by atoms with E-state index in [2.05, 4.69) is 15.3 Å². The number of rotatable bonds is 4. The zero-order chi connectivity index (χ0) is 10.4. The minimum absolute atomic E-state index is 0.219. The predicted octanol–water partition coefficient (Wildman–Crippen LogP) is 1.22. The molecule has 1 N–H and O–H groups in total. The Hall–Kier alpha value is -0.810. The van der Waals surface area contributed by atoms with Crippen molar-refractivity contribution in [2.24, 2.45) is 0 Å². The van der Waals surface area contributed by atoms with Crippen LogP contribution in [0.1, 0.15) is 10.5 Å². The van der Waals surface area contributed by atoms with Crippen LogP contribution in [0.5, 0.6) is 0 Å². The van der Waals surface area contributed by atoms with Gasteiger partial charge in [0.2, 0.25) is 0 Å². The molecule has 0 fully saturated rings. The number of carbonyl (C=O) groups excluding carboxylic acids is 1. The quantitative estimate of drug-likeness (QED) is 0.792. The van der Waals surface area contributed by atoms with Crippen LogP contribution in [-0.2, 0) is 0 Å². The fourth-order valence-electron chi connectivity index (χ4n) is 0.787. The number of nitrogens with one attached hydrogen (secondary N) is 1. The van der Waals surface area contributed by atoms with Gasteiger partial charge >= 0.3 is 0 Å². The average Bonchev–Trinajstić information content (AvgIpc) is 2.19. The van der Waals surface area contributed by atoms with Crippen LogP contribution >= 0.6 is 23.4 Å². The monoisotopic (exact) mass is 231 g/mol. The molecule has 1 aromatic heterocycles. The number of halogens is 1. The lowest BCUT2D eigenvalue weighted by Crippen LogP contribution is -2.26. The molecule has 6 heteroatoms. The van der Waals surface area contributed by atoms with Crippen molar-refractivity contribution in [1.29, 1.82) is 0 Å². The SMILES string of the molecule is CSCCNC(=O)c1cnc(Cl)cn1. The molecule has 0 spiro atoms. The smallest absolute Gasteiger partial charge is 0.271 e. The Kier molecular flexibility index (Phi) is 4.69. The van der Waals surface area contributed by atoms with Crippen LogP contribution in [0.25, 0.3) is 0 Å². The highest BCUT2D eigenvalue weighted by molar-refractivity contribution is 7.98. The van der Waals surface area contributed by atoms with E-state index >= 15 is 0 Å². The molecule has 0 aliphatic heterocycles. The molecular formula is C8H10ClN3OS. The van der Waals surface area contributed by atoms with Crippen molar-refractivity contribution in [3.63, 3.8) is 0 Å². The maximum atomic E-state index is 11.4. The largest absolute Gasteiger partial charge is 0.350 e. The van der Waals surface area contributed by atoms with E-state index in [0.29, 0.717) is 6.54 Å². The first-order valence-corrected chi connectivity index (χ1v) is 5.76. The minimum Gasteiger partial charge on any atom is -0.350 e. The Bertz CT molecular complexity index is 304. The van der Waals surface area contributed by atoms with Gasteiger partial charge in [-0.15, -0.1) is 0 Å². The molecule has 0 unspecified atom stereocenters. The lowest BCUT2D eigenvalue weighted by Gasteiger charge is -2.02. The molecule has 0 saturated heterocycles. The molecule has 0 atom stereocenters. The van der Waals surface area contributed by atoms with Gasteiger partial charge in [0, 0.05) is 12.3 Å². The van der Waals surface area contributed by atoms with Crippen molar-refractivity contribution in [3.05, 3.63) is 23.2 Å². The topological polar surface area (TPSA) is 54.9 Å². The molecule has 14 heavy (non-hydrogen) atoms. The van der Waals surface area contributed by atoms with E-state index in [-0.39, 0.29) is 16.8 Å². The minimum atomic E-state index is -0.219. The van der Waals surface area contributed by atoms with Crippen LogP contribution < -0.4 is 5.32 Å². The molecule has 0 radical (unpaired) electrons. The van der Waals surface area contributed by atoms with Crippen LogP contribution in [0.15, 0.2) is 12.4 Å². The fourth-order valence-corrected chi connectivity index (χ4v) is 1.19. The third-order valence-electron chi connectivity index (χ3n) is 1.44. The summed E-state index contributed by atoms with van der Waals surface area (Å²) >= 11 is 7.20. The Morgan fingerprint density at radius 1 is 1.57 bits per heavy atom. The maximum Gasteiger partial charge on any atom is 0.271 e. The Morgan fingerprint density at radius 3 is 2.93 bits per heavy atom. The summed E-state index contributed by atoms with van der Waals surface area (Å²) in [5.41, 5.74) is 0.288. The zero-order valence-electron chi connectivity index (χ0n) is 7.66. The summed E-state index contributed by atoms with van der Waals surface area (Å²) in [6.45, 7) is 0.629. The second-order valence-corrected chi connectivity index (χ2v) is 3.85. The van der Waals surface area contributed by atoms with E-state index in [9.17, 15) is 4.79 Å². The van der Waals surface area contributed by atoms with E-state index in [1.807, 2.05) is 6.26 Å². The maximum absolute atomic E-state index is 11.4. The Morgan fingerprint density at radius 2 is 2.36 bits per heavy atom. The molecular weight excluding hydrogens is 222 g/mol. The van der Waals surface area contributed by atoms with E-state index in [1.165, 1.54) is 12.4 Å². The van der Waals surface area contributed by atoms with Crippen molar-refractivity contribution in [2.45, 2.75) is 0 Å². The number of nitrogens with zero attached hydrogens (tertiary/aromatic N) is 2. The molecule has 0 aromatic carbocycles. The Balaban J connectivity index is 2.48. The summed E-state index contributed by atoms with van der Waals surface area (Å²) in [7, 11) is 0. The molecule has 1 aromatic rings. The van der Waals surface area contributed by atoms with Crippen LogP contribution in [-0.4, -0.2) is 34.4 Å². The standard InChI is InChI=1S/C8H10ClN3OS/c1-14-3-2-10-8(13)6-4-12-7(9)5-11-6/h4-5H,2-3H2,1H3,(H,10,13). The normalized spacial score (nSPS) is 9.86. The number of carbonyl (C=O) groups is 1. The van der Waals surface area contributed by atoms with Gasteiger partial charge in [-0.05, 0) is 6.26 Å². The van der Waals surface area contributed by atoms with Gasteiger partial charge in [0.05, 0.1) is 12.4 Å². The van der Waals surface area contributed by atoms with E-state index in [1.54, 1.807) is 11.8 Å². The van der Waals surface area contributed by atoms with Crippen molar-refractivity contribution < 1.29 is 4.79 Å². The van der Waals surface area contributed by atoms with Crippen LogP contribution in [0.3, 0.4) is 0 Å². The first-order valence-electron chi connectivity index (χ1n) is 3.98. The van der Waals surface area contributed by atoms with Gasteiger partial charge in [-0.3, -0.25) is 4.79 Å². The van der Waals surface area contributed by atoms with Crippen molar-refractivity contribution in [3.8, 4) is 0 Å². The highest BCUT2D eigenvalue weighted by Gasteiger charge is 2.05. The van der Waals surface area contributed by atoms with Crippen LogP contribution in [0.2, 0.25) is 5.15 Å². The van der Waals surface area contributed by atoms with E-state index in [0.717, 1.165) is 5.75 Å². The zero-order valence-corrected chi connectivity index (χ0v) is 9.23. The van der Waals surface area contributed by atoms with Crippen molar-refractivity contribution >= 4 is 29.3 Å². The first kappa shape index (κ1) is 11.3. The van der Waals surface area contributed by atoms with Crippen LogP contribution in [0.4, 0.5) is 0 Å². The highest BCUT2D eigenvalue weighted by atomic mass is 35.5. The van der Waals surface area contributed by atoms with E-state index < -0.39 is 0 Å². The summed E-state index contributed by atoms with van der Waals surface area (Å²) in [5.74, 6) is 0.662. The molecule has 76 valence electrons. The van der Waals surface area contributed by atoms with Gasteiger partial charge in [0.25, 0.3) is 5.91 Å². The molecule has 1 heterocycles. The molecule has 0 bridgehead atoms. The lowest BCUT2D eigenvalue weighted by atomic mass is 10.4. The highest BCUT2D eigenvalue weighted by Crippen LogP contribution is 2.00. The Labute approximate surface area is 91.5 Å². The second-order valence-electron chi connectivity index (χ2n) is 2.47. The summed E-state index contributed by atoms with van der Waals surface area (Å²) in [4.78, 5) is 19.0. The number of amides is 1. The van der Waals surface area contributed by atoms with Crippen LogP contribution in [0, 0.1) is 0 Å². The predicted molar refractivity (Wildman–Crippen MR) is 57.8 cm³/mol. The van der Waals surface area contributed by atoms with E-state index in [4.69, 9.17) is 11.6 Å². The summed E-state index contributed by atoms with van der Waals surface area (Å²) < 4.78 is 0. The van der Waals surface area contributed by atoms with Gasteiger partial charge in [-0.2, -0.15) is 11.8 Å². The third-order valence-corrected chi connectivity index (χ3v) is 2.25. The van der Waals surface area contributed by atoms with Crippen molar-refractivity contribution in [1.82, 2.24) is 15.3 Å². The number of hydrogen-bond donors (Lipinski definition) is 1. The van der Waals surface area contributed by atoms with Gasteiger partial charge in [0.1, 0.15) is 10.8 Å². The number of hydrogen-bond acceptors (Lipinski definition) is 4. The molecule has 4 nitrogen and oxygen atoms in total. The summed E-state index contributed by atoms with van der Waals surface area (Å²) in [5, 5.41) is 3.00. The van der Waals surface area contributed by atoms with Gasteiger partial charge < -0.3 is 5.32 Å².